The lowest BCUT2D eigenvalue weighted by Crippen LogP contribution is -2.16. The Hall–Kier alpha value is -3.45. The van der Waals surface area contributed by atoms with Gasteiger partial charge in [-0.1, -0.05) is 23.8 Å². The topological polar surface area (TPSA) is 70.8 Å². The Morgan fingerprint density at radius 3 is 2.71 bits per heavy atom. The first kappa shape index (κ1) is 19.5. The van der Waals surface area contributed by atoms with E-state index in [4.69, 9.17) is 19.3 Å². The summed E-state index contributed by atoms with van der Waals surface area (Å²) in [5.41, 5.74) is 5.51. The summed E-state index contributed by atoms with van der Waals surface area (Å²) in [5.74, 6) is 2.24. The van der Waals surface area contributed by atoms with E-state index in [1.165, 1.54) is 0 Å². The van der Waals surface area contributed by atoms with E-state index in [0.29, 0.717) is 18.1 Å². The van der Waals surface area contributed by atoms with Gasteiger partial charge in [-0.2, -0.15) is 9.61 Å². The maximum atomic E-state index is 6.18. The molecule has 0 bridgehead atoms. The van der Waals surface area contributed by atoms with Crippen molar-refractivity contribution in [3.8, 4) is 34.1 Å². The fraction of sp³-hybridized carbons (Fsp3) is 0.292. The zero-order valence-corrected chi connectivity index (χ0v) is 17.8. The summed E-state index contributed by atoms with van der Waals surface area (Å²) in [5, 5.41) is 13.5. The molecule has 0 saturated carbocycles. The minimum Gasteiger partial charge on any atom is -0.496 e. The molecular weight excluding hydrogens is 392 g/mol. The van der Waals surface area contributed by atoms with Crippen molar-refractivity contribution in [2.75, 3.05) is 20.3 Å². The fourth-order valence-electron chi connectivity index (χ4n) is 3.78. The van der Waals surface area contributed by atoms with E-state index in [1.807, 2.05) is 50.2 Å². The molecule has 1 fully saturated rings. The number of rotatable bonds is 5. The van der Waals surface area contributed by atoms with Crippen molar-refractivity contribution in [1.29, 1.82) is 0 Å². The largest absolute Gasteiger partial charge is 0.496 e. The summed E-state index contributed by atoms with van der Waals surface area (Å²) < 4.78 is 18.9. The average molecular weight is 416 g/mol. The molecule has 2 aromatic heterocycles. The van der Waals surface area contributed by atoms with Gasteiger partial charge in [-0.05, 0) is 49.7 Å². The average Bonchev–Trinajstić information content (AvgIpc) is 3.44. The lowest BCUT2D eigenvalue weighted by Gasteiger charge is -2.15. The van der Waals surface area contributed by atoms with Crippen LogP contribution in [0.2, 0.25) is 0 Å². The molecule has 1 saturated heterocycles. The summed E-state index contributed by atoms with van der Waals surface area (Å²) in [7, 11) is 1.65. The van der Waals surface area contributed by atoms with Crippen LogP contribution in [0.4, 0.5) is 0 Å². The molecule has 0 unspecified atom stereocenters. The molecule has 7 heteroatoms. The van der Waals surface area contributed by atoms with Crippen LogP contribution >= 0.6 is 0 Å². The van der Waals surface area contributed by atoms with Crippen molar-refractivity contribution < 1.29 is 14.2 Å². The Bertz CT molecular complexity index is 1250. The number of hydrogen-bond donors (Lipinski definition) is 0. The maximum Gasteiger partial charge on any atom is 0.189 e. The number of benzene rings is 2. The number of fused-ring (bicyclic) bond motifs is 1. The van der Waals surface area contributed by atoms with Crippen molar-refractivity contribution in [3.05, 3.63) is 59.7 Å². The van der Waals surface area contributed by atoms with Gasteiger partial charge in [0.1, 0.15) is 17.6 Å². The zero-order valence-electron chi connectivity index (χ0n) is 17.8. The number of aryl methyl sites for hydroxylation is 2. The van der Waals surface area contributed by atoms with Gasteiger partial charge in [0.25, 0.3) is 0 Å². The first-order valence-corrected chi connectivity index (χ1v) is 10.4. The predicted molar refractivity (Wildman–Crippen MR) is 118 cm³/mol. The van der Waals surface area contributed by atoms with Crippen LogP contribution in [0, 0.1) is 13.8 Å². The molecule has 0 amide bonds. The third-order valence-electron chi connectivity index (χ3n) is 5.52. The molecule has 4 aromatic rings. The van der Waals surface area contributed by atoms with Crippen LogP contribution in [0.3, 0.4) is 0 Å². The summed E-state index contributed by atoms with van der Waals surface area (Å²) in [4.78, 5) is 0. The number of ether oxygens (including phenoxy) is 3. The van der Waals surface area contributed by atoms with E-state index in [2.05, 4.69) is 22.3 Å². The SMILES string of the molecule is COc1ccc(C)cc1-c1nnc2ccc(-c3ccc(C)c(O[C@H]4CCOC4)c3)nn12. The van der Waals surface area contributed by atoms with Gasteiger partial charge in [-0.3, -0.25) is 0 Å². The highest BCUT2D eigenvalue weighted by Gasteiger charge is 2.19. The van der Waals surface area contributed by atoms with Gasteiger partial charge in [0.15, 0.2) is 11.5 Å². The number of methoxy groups -OCH3 is 1. The highest BCUT2D eigenvalue weighted by molar-refractivity contribution is 5.69. The third-order valence-corrected chi connectivity index (χ3v) is 5.52. The quantitative estimate of drug-likeness (QED) is 0.484. The lowest BCUT2D eigenvalue weighted by atomic mass is 10.1. The van der Waals surface area contributed by atoms with Crippen LogP contribution in [-0.4, -0.2) is 46.2 Å². The van der Waals surface area contributed by atoms with Crippen molar-refractivity contribution in [2.45, 2.75) is 26.4 Å². The Balaban J connectivity index is 1.56. The van der Waals surface area contributed by atoms with E-state index in [-0.39, 0.29) is 6.10 Å². The molecule has 1 aliphatic heterocycles. The highest BCUT2D eigenvalue weighted by Crippen LogP contribution is 2.31. The van der Waals surface area contributed by atoms with Gasteiger partial charge in [0.05, 0.1) is 31.6 Å². The molecule has 1 aliphatic rings. The van der Waals surface area contributed by atoms with E-state index < -0.39 is 0 Å². The van der Waals surface area contributed by atoms with Gasteiger partial charge < -0.3 is 14.2 Å². The summed E-state index contributed by atoms with van der Waals surface area (Å²) in [6.45, 7) is 5.47. The van der Waals surface area contributed by atoms with Crippen molar-refractivity contribution in [3.63, 3.8) is 0 Å². The monoisotopic (exact) mass is 416 g/mol. The van der Waals surface area contributed by atoms with Crippen molar-refractivity contribution >= 4 is 5.65 Å². The standard InChI is InChI=1S/C24H24N4O3/c1-15-4-8-21(29-3)19(12-15)24-26-25-23-9-7-20(27-28(23)24)17-6-5-16(2)22(13-17)31-18-10-11-30-14-18/h4-9,12-13,18H,10-11,14H2,1-3H3/t18-/m0/s1. The molecule has 2 aromatic carbocycles. The Labute approximate surface area is 180 Å². The van der Waals surface area contributed by atoms with Crippen molar-refractivity contribution in [1.82, 2.24) is 19.8 Å². The molecule has 1 atom stereocenters. The Kier molecular flexibility index (Phi) is 5.03. The molecule has 0 aliphatic carbocycles. The smallest absolute Gasteiger partial charge is 0.189 e. The zero-order chi connectivity index (χ0) is 21.4. The number of hydrogen-bond acceptors (Lipinski definition) is 6. The van der Waals surface area contributed by atoms with E-state index >= 15 is 0 Å². The van der Waals surface area contributed by atoms with Crippen LogP contribution in [0.15, 0.2) is 48.5 Å². The second kappa shape index (κ2) is 8.00. The van der Waals surface area contributed by atoms with Crippen molar-refractivity contribution in [2.24, 2.45) is 0 Å². The molecule has 5 rings (SSSR count). The number of aromatic nitrogens is 4. The van der Waals surface area contributed by atoms with E-state index in [1.54, 1.807) is 11.6 Å². The number of nitrogens with zero attached hydrogens (tertiary/aromatic N) is 4. The molecule has 0 N–H and O–H groups in total. The van der Waals surface area contributed by atoms with Gasteiger partial charge in [-0.25, -0.2) is 0 Å². The van der Waals surface area contributed by atoms with Crippen LogP contribution in [-0.2, 0) is 4.74 Å². The Morgan fingerprint density at radius 1 is 1.00 bits per heavy atom. The van der Waals surface area contributed by atoms with Crippen LogP contribution < -0.4 is 9.47 Å². The summed E-state index contributed by atoms with van der Waals surface area (Å²) in [6, 6.07) is 16.0. The van der Waals surface area contributed by atoms with Gasteiger partial charge >= 0.3 is 0 Å². The summed E-state index contributed by atoms with van der Waals surface area (Å²) >= 11 is 0. The first-order chi connectivity index (χ1) is 15.1. The molecule has 0 radical (unpaired) electrons. The van der Waals surface area contributed by atoms with Gasteiger partial charge in [0.2, 0.25) is 0 Å². The van der Waals surface area contributed by atoms with Gasteiger partial charge in [0, 0.05) is 12.0 Å². The maximum absolute atomic E-state index is 6.18. The van der Waals surface area contributed by atoms with Gasteiger partial charge in [-0.15, -0.1) is 10.2 Å². The second-order valence-electron chi connectivity index (χ2n) is 7.80. The molecule has 0 spiro atoms. The molecule has 3 heterocycles. The minimum atomic E-state index is 0.0997. The molecule has 158 valence electrons. The predicted octanol–water partition coefficient (Wildman–Crippen LogP) is 4.25. The minimum absolute atomic E-state index is 0.0997. The van der Waals surface area contributed by atoms with E-state index in [0.717, 1.165) is 52.5 Å². The third kappa shape index (κ3) is 3.72. The second-order valence-corrected chi connectivity index (χ2v) is 7.80. The highest BCUT2D eigenvalue weighted by atomic mass is 16.5. The Morgan fingerprint density at radius 2 is 1.90 bits per heavy atom. The molecular formula is C24H24N4O3. The van der Waals surface area contributed by atoms with Crippen LogP contribution in [0.25, 0.3) is 28.3 Å². The normalized spacial score (nSPS) is 16.0. The van der Waals surface area contributed by atoms with Crippen LogP contribution in [0.5, 0.6) is 11.5 Å². The first-order valence-electron chi connectivity index (χ1n) is 10.4. The van der Waals surface area contributed by atoms with E-state index in [9.17, 15) is 0 Å². The lowest BCUT2D eigenvalue weighted by molar-refractivity contribution is 0.141. The molecule has 31 heavy (non-hydrogen) atoms. The summed E-state index contributed by atoms with van der Waals surface area (Å²) in [6.07, 6.45) is 1.01. The fourth-order valence-corrected chi connectivity index (χ4v) is 3.78. The molecule has 7 nitrogen and oxygen atoms in total. The van der Waals surface area contributed by atoms with Crippen LogP contribution in [0.1, 0.15) is 17.5 Å².